The standard InChI is InChI=1S/C22H27N3O4S/c1-3-30(28,29)25-12-10-24(11-13-25)16-18-6-4-8-20(14-18)22(27)23-21-9-5-7-19(15-21)17(2)26/h4-9,14-15H,3,10-13,16H2,1-2H3,(H,23,27). The molecule has 1 aliphatic heterocycles. The molecule has 0 radical (unpaired) electrons. The number of hydrogen-bond donors (Lipinski definition) is 1. The molecule has 1 fully saturated rings. The Morgan fingerprint density at radius 3 is 2.30 bits per heavy atom. The molecule has 0 bridgehead atoms. The molecule has 1 heterocycles. The maximum atomic E-state index is 12.6. The first-order valence-electron chi connectivity index (χ1n) is 10.00. The lowest BCUT2D eigenvalue weighted by Gasteiger charge is -2.33. The van der Waals surface area contributed by atoms with Crippen LogP contribution in [0.5, 0.6) is 0 Å². The topological polar surface area (TPSA) is 86.8 Å². The van der Waals surface area contributed by atoms with Gasteiger partial charge in [-0.15, -0.1) is 0 Å². The Labute approximate surface area is 177 Å². The summed E-state index contributed by atoms with van der Waals surface area (Å²) >= 11 is 0. The molecule has 1 aliphatic rings. The van der Waals surface area contributed by atoms with Gasteiger partial charge in [-0.2, -0.15) is 4.31 Å². The quantitative estimate of drug-likeness (QED) is 0.684. The van der Waals surface area contributed by atoms with Crippen LogP contribution in [0.25, 0.3) is 0 Å². The SMILES string of the molecule is CCS(=O)(=O)N1CCN(Cc2cccc(C(=O)Nc3cccc(C(C)=O)c3)c2)CC1. The van der Waals surface area contributed by atoms with E-state index in [0.29, 0.717) is 49.5 Å². The number of ketones is 1. The van der Waals surface area contributed by atoms with Crippen LogP contribution in [0.1, 0.15) is 40.1 Å². The Balaban J connectivity index is 1.62. The molecule has 0 saturated carbocycles. The molecule has 1 N–H and O–H groups in total. The van der Waals surface area contributed by atoms with Gasteiger partial charge in [0.2, 0.25) is 10.0 Å². The number of sulfonamides is 1. The fourth-order valence-corrected chi connectivity index (χ4v) is 4.52. The molecule has 160 valence electrons. The lowest BCUT2D eigenvalue weighted by molar-refractivity contribution is 0.101. The number of piperazine rings is 1. The van der Waals surface area contributed by atoms with Crippen LogP contribution in [0.2, 0.25) is 0 Å². The second kappa shape index (κ2) is 9.51. The maximum absolute atomic E-state index is 12.6. The number of amides is 1. The van der Waals surface area contributed by atoms with Gasteiger partial charge in [-0.25, -0.2) is 8.42 Å². The van der Waals surface area contributed by atoms with E-state index in [-0.39, 0.29) is 17.4 Å². The summed E-state index contributed by atoms with van der Waals surface area (Å²) in [5.41, 5.74) is 2.65. The number of rotatable bonds is 7. The summed E-state index contributed by atoms with van der Waals surface area (Å²) in [5, 5.41) is 2.84. The monoisotopic (exact) mass is 429 g/mol. The van der Waals surface area contributed by atoms with Crippen molar-refractivity contribution in [3.63, 3.8) is 0 Å². The van der Waals surface area contributed by atoms with Crippen molar-refractivity contribution >= 4 is 27.4 Å². The lowest BCUT2D eigenvalue weighted by Crippen LogP contribution is -2.48. The fourth-order valence-electron chi connectivity index (χ4n) is 3.44. The molecule has 30 heavy (non-hydrogen) atoms. The molecular formula is C22H27N3O4S. The van der Waals surface area contributed by atoms with Gasteiger partial charge in [-0.05, 0) is 43.7 Å². The van der Waals surface area contributed by atoms with E-state index in [1.807, 2.05) is 18.2 Å². The van der Waals surface area contributed by atoms with Crippen LogP contribution in [0.4, 0.5) is 5.69 Å². The third-order valence-corrected chi connectivity index (χ3v) is 7.09. The Bertz CT molecular complexity index is 1030. The van der Waals surface area contributed by atoms with Crippen LogP contribution < -0.4 is 5.32 Å². The highest BCUT2D eigenvalue weighted by atomic mass is 32.2. The number of anilines is 1. The van der Waals surface area contributed by atoms with E-state index in [2.05, 4.69) is 10.2 Å². The third kappa shape index (κ3) is 5.53. The zero-order valence-corrected chi connectivity index (χ0v) is 18.1. The Morgan fingerprint density at radius 2 is 1.63 bits per heavy atom. The smallest absolute Gasteiger partial charge is 0.255 e. The predicted octanol–water partition coefficient (Wildman–Crippen LogP) is 2.61. The van der Waals surface area contributed by atoms with E-state index in [9.17, 15) is 18.0 Å². The largest absolute Gasteiger partial charge is 0.322 e. The van der Waals surface area contributed by atoms with E-state index in [0.717, 1.165) is 5.56 Å². The van der Waals surface area contributed by atoms with Gasteiger partial charge in [0.25, 0.3) is 5.91 Å². The van der Waals surface area contributed by atoms with Gasteiger partial charge in [-0.1, -0.05) is 24.3 Å². The second-order valence-electron chi connectivity index (χ2n) is 7.37. The van der Waals surface area contributed by atoms with Crippen LogP contribution >= 0.6 is 0 Å². The first-order valence-corrected chi connectivity index (χ1v) is 11.6. The van der Waals surface area contributed by atoms with Gasteiger partial charge in [-0.3, -0.25) is 14.5 Å². The summed E-state index contributed by atoms with van der Waals surface area (Å²) in [6.45, 7) is 6.10. The third-order valence-electron chi connectivity index (χ3n) is 5.21. The highest BCUT2D eigenvalue weighted by Crippen LogP contribution is 2.16. The molecule has 0 spiro atoms. The van der Waals surface area contributed by atoms with E-state index in [1.165, 1.54) is 6.92 Å². The lowest BCUT2D eigenvalue weighted by atomic mass is 10.1. The van der Waals surface area contributed by atoms with E-state index in [1.54, 1.807) is 41.6 Å². The van der Waals surface area contributed by atoms with Crippen molar-refractivity contribution in [1.29, 1.82) is 0 Å². The van der Waals surface area contributed by atoms with Crippen molar-refractivity contribution < 1.29 is 18.0 Å². The zero-order chi connectivity index (χ0) is 21.7. The van der Waals surface area contributed by atoms with Crippen molar-refractivity contribution in [2.24, 2.45) is 0 Å². The molecule has 2 aromatic rings. The Morgan fingerprint density at radius 1 is 0.967 bits per heavy atom. The molecule has 0 aromatic heterocycles. The molecule has 0 unspecified atom stereocenters. The summed E-state index contributed by atoms with van der Waals surface area (Å²) in [4.78, 5) is 26.4. The van der Waals surface area contributed by atoms with Gasteiger partial charge in [0, 0.05) is 49.5 Å². The number of Topliss-reactive ketones (excluding diaryl/α,β-unsaturated/α-hetero) is 1. The zero-order valence-electron chi connectivity index (χ0n) is 17.3. The minimum atomic E-state index is -3.14. The normalized spacial score (nSPS) is 15.7. The number of nitrogens with zero attached hydrogens (tertiary/aromatic N) is 2. The summed E-state index contributed by atoms with van der Waals surface area (Å²) in [7, 11) is -3.14. The summed E-state index contributed by atoms with van der Waals surface area (Å²) in [6.07, 6.45) is 0. The molecule has 3 rings (SSSR count). The fraction of sp³-hybridized carbons (Fsp3) is 0.364. The minimum absolute atomic E-state index is 0.0556. The van der Waals surface area contributed by atoms with Crippen molar-refractivity contribution in [2.45, 2.75) is 20.4 Å². The highest BCUT2D eigenvalue weighted by Gasteiger charge is 2.25. The molecule has 0 atom stereocenters. The van der Waals surface area contributed by atoms with E-state index < -0.39 is 10.0 Å². The van der Waals surface area contributed by atoms with E-state index in [4.69, 9.17) is 0 Å². The molecule has 7 nitrogen and oxygen atoms in total. The van der Waals surface area contributed by atoms with Crippen LogP contribution in [0.15, 0.2) is 48.5 Å². The summed E-state index contributed by atoms with van der Waals surface area (Å²) < 4.78 is 25.5. The minimum Gasteiger partial charge on any atom is -0.322 e. The molecule has 8 heteroatoms. The molecule has 1 amide bonds. The number of nitrogens with one attached hydrogen (secondary N) is 1. The first kappa shape index (κ1) is 22.1. The van der Waals surface area contributed by atoms with Crippen molar-refractivity contribution in [3.8, 4) is 0 Å². The van der Waals surface area contributed by atoms with E-state index >= 15 is 0 Å². The van der Waals surface area contributed by atoms with Crippen LogP contribution in [-0.2, 0) is 16.6 Å². The van der Waals surface area contributed by atoms with Crippen molar-refractivity contribution in [2.75, 3.05) is 37.2 Å². The van der Waals surface area contributed by atoms with Gasteiger partial charge in [0.05, 0.1) is 5.75 Å². The first-order chi connectivity index (χ1) is 14.3. The molecule has 1 saturated heterocycles. The number of carbonyl (C=O) groups excluding carboxylic acids is 2. The summed E-state index contributed by atoms with van der Waals surface area (Å²) in [6, 6.07) is 14.3. The number of hydrogen-bond acceptors (Lipinski definition) is 5. The maximum Gasteiger partial charge on any atom is 0.255 e. The second-order valence-corrected chi connectivity index (χ2v) is 9.62. The van der Waals surface area contributed by atoms with Gasteiger partial charge in [0.15, 0.2) is 5.78 Å². The van der Waals surface area contributed by atoms with Gasteiger partial charge >= 0.3 is 0 Å². The van der Waals surface area contributed by atoms with Crippen molar-refractivity contribution in [3.05, 3.63) is 65.2 Å². The predicted molar refractivity (Wildman–Crippen MR) is 117 cm³/mol. The highest BCUT2D eigenvalue weighted by molar-refractivity contribution is 7.89. The molecule has 0 aliphatic carbocycles. The Hall–Kier alpha value is -2.55. The van der Waals surface area contributed by atoms with Crippen LogP contribution in [0.3, 0.4) is 0 Å². The van der Waals surface area contributed by atoms with Gasteiger partial charge in [0.1, 0.15) is 0 Å². The average molecular weight is 430 g/mol. The van der Waals surface area contributed by atoms with Gasteiger partial charge < -0.3 is 5.32 Å². The summed E-state index contributed by atoms with van der Waals surface area (Å²) in [5.74, 6) is -0.171. The van der Waals surface area contributed by atoms with Crippen LogP contribution in [-0.4, -0.2) is 61.2 Å². The molecular weight excluding hydrogens is 402 g/mol. The van der Waals surface area contributed by atoms with Crippen LogP contribution in [0, 0.1) is 0 Å². The number of benzene rings is 2. The molecule has 2 aromatic carbocycles. The van der Waals surface area contributed by atoms with Crippen molar-refractivity contribution in [1.82, 2.24) is 9.21 Å². The number of carbonyl (C=O) groups is 2. The Kier molecular flexibility index (Phi) is 7.02. The average Bonchev–Trinajstić information content (AvgIpc) is 2.74.